The SMILES string of the molecule is CC(C)c1cc(C(=O)O)cc(NCCCn2ccnc2)n1. The fourth-order valence-electron chi connectivity index (χ4n) is 1.96. The lowest BCUT2D eigenvalue weighted by Crippen LogP contribution is -2.10. The Balaban J connectivity index is 1.96. The summed E-state index contributed by atoms with van der Waals surface area (Å²) in [5.41, 5.74) is 1.05. The van der Waals surface area contributed by atoms with Crippen molar-refractivity contribution in [1.82, 2.24) is 14.5 Å². The van der Waals surface area contributed by atoms with Crippen LogP contribution in [0.1, 0.15) is 42.2 Å². The second-order valence-electron chi connectivity index (χ2n) is 5.21. The summed E-state index contributed by atoms with van der Waals surface area (Å²) < 4.78 is 2.00. The number of hydrogen-bond donors (Lipinski definition) is 2. The fraction of sp³-hybridized carbons (Fsp3) is 0.400. The maximum atomic E-state index is 11.1. The summed E-state index contributed by atoms with van der Waals surface area (Å²) in [7, 11) is 0. The molecule has 6 heteroatoms. The van der Waals surface area contributed by atoms with Crippen molar-refractivity contribution in [3.63, 3.8) is 0 Å². The van der Waals surface area contributed by atoms with Gasteiger partial charge in [0.05, 0.1) is 11.9 Å². The van der Waals surface area contributed by atoms with Crippen LogP contribution in [0.2, 0.25) is 0 Å². The average molecular weight is 288 g/mol. The zero-order valence-electron chi connectivity index (χ0n) is 12.3. The number of rotatable bonds is 7. The van der Waals surface area contributed by atoms with E-state index >= 15 is 0 Å². The quantitative estimate of drug-likeness (QED) is 0.765. The normalized spacial score (nSPS) is 10.8. The second kappa shape index (κ2) is 6.88. The Morgan fingerprint density at radius 2 is 2.24 bits per heavy atom. The molecule has 2 rings (SSSR count). The van der Waals surface area contributed by atoms with Gasteiger partial charge in [0.1, 0.15) is 5.82 Å². The highest BCUT2D eigenvalue weighted by atomic mass is 16.4. The third-order valence-electron chi connectivity index (χ3n) is 3.14. The van der Waals surface area contributed by atoms with E-state index in [1.54, 1.807) is 24.7 Å². The van der Waals surface area contributed by atoms with Crippen LogP contribution in [0.15, 0.2) is 30.9 Å². The van der Waals surface area contributed by atoms with Gasteiger partial charge in [-0.25, -0.2) is 14.8 Å². The van der Waals surface area contributed by atoms with Gasteiger partial charge in [-0.2, -0.15) is 0 Å². The molecule has 21 heavy (non-hydrogen) atoms. The van der Waals surface area contributed by atoms with Crippen molar-refractivity contribution in [3.8, 4) is 0 Å². The van der Waals surface area contributed by atoms with Crippen LogP contribution in [0.3, 0.4) is 0 Å². The number of aryl methyl sites for hydroxylation is 1. The third-order valence-corrected chi connectivity index (χ3v) is 3.14. The lowest BCUT2D eigenvalue weighted by molar-refractivity contribution is 0.0696. The maximum absolute atomic E-state index is 11.1. The number of carboxylic acid groups (broad SMARTS) is 1. The second-order valence-corrected chi connectivity index (χ2v) is 5.21. The fourth-order valence-corrected chi connectivity index (χ4v) is 1.96. The van der Waals surface area contributed by atoms with Gasteiger partial charge in [-0.05, 0) is 24.5 Å². The molecule has 0 saturated carbocycles. The molecule has 2 aromatic rings. The summed E-state index contributed by atoms with van der Waals surface area (Å²) in [6.45, 7) is 5.59. The minimum atomic E-state index is -0.930. The molecule has 0 saturated heterocycles. The first kappa shape index (κ1) is 15.0. The number of aromatic carboxylic acids is 1. The molecule has 0 amide bonds. The lowest BCUT2D eigenvalue weighted by atomic mass is 10.1. The summed E-state index contributed by atoms with van der Waals surface area (Å²) in [4.78, 5) is 19.6. The molecule has 112 valence electrons. The first-order valence-corrected chi connectivity index (χ1v) is 7.01. The van der Waals surface area contributed by atoms with Gasteiger partial charge in [-0.1, -0.05) is 13.8 Å². The Hall–Kier alpha value is -2.37. The largest absolute Gasteiger partial charge is 0.478 e. The van der Waals surface area contributed by atoms with Crippen molar-refractivity contribution in [2.24, 2.45) is 0 Å². The van der Waals surface area contributed by atoms with Crippen LogP contribution in [-0.4, -0.2) is 32.2 Å². The molecule has 2 heterocycles. The van der Waals surface area contributed by atoms with Gasteiger partial charge in [0.15, 0.2) is 0 Å². The van der Waals surface area contributed by atoms with E-state index in [2.05, 4.69) is 15.3 Å². The highest BCUT2D eigenvalue weighted by Gasteiger charge is 2.10. The Labute approximate surface area is 123 Å². The molecule has 0 spiro atoms. The van der Waals surface area contributed by atoms with Crippen LogP contribution in [0.25, 0.3) is 0 Å². The third kappa shape index (κ3) is 4.30. The van der Waals surface area contributed by atoms with Crippen LogP contribution in [-0.2, 0) is 6.54 Å². The van der Waals surface area contributed by atoms with Gasteiger partial charge in [0, 0.05) is 31.2 Å². The van der Waals surface area contributed by atoms with E-state index in [0.717, 1.165) is 25.2 Å². The molecule has 0 radical (unpaired) electrons. The predicted octanol–water partition coefficient (Wildman–Crippen LogP) is 2.60. The van der Waals surface area contributed by atoms with Crippen LogP contribution < -0.4 is 5.32 Å². The Morgan fingerprint density at radius 3 is 2.86 bits per heavy atom. The van der Waals surface area contributed by atoms with E-state index in [4.69, 9.17) is 5.11 Å². The first-order chi connectivity index (χ1) is 10.1. The van der Waals surface area contributed by atoms with E-state index in [1.165, 1.54) is 0 Å². The average Bonchev–Trinajstić information content (AvgIpc) is 2.96. The van der Waals surface area contributed by atoms with E-state index in [0.29, 0.717) is 5.82 Å². The van der Waals surface area contributed by atoms with Gasteiger partial charge in [0.25, 0.3) is 0 Å². The Kier molecular flexibility index (Phi) is 4.92. The molecular formula is C15H20N4O2. The van der Waals surface area contributed by atoms with Crippen molar-refractivity contribution in [3.05, 3.63) is 42.1 Å². The van der Waals surface area contributed by atoms with Gasteiger partial charge in [-0.3, -0.25) is 0 Å². The minimum absolute atomic E-state index is 0.191. The van der Waals surface area contributed by atoms with Crippen LogP contribution >= 0.6 is 0 Å². The molecule has 2 aromatic heterocycles. The summed E-state index contributed by atoms with van der Waals surface area (Å²) >= 11 is 0. The molecule has 0 aliphatic rings. The van der Waals surface area contributed by atoms with E-state index in [9.17, 15) is 4.79 Å². The molecule has 0 unspecified atom stereocenters. The summed E-state index contributed by atoms with van der Waals surface area (Å²) in [5.74, 6) is -0.124. The summed E-state index contributed by atoms with van der Waals surface area (Å²) in [5, 5.41) is 12.3. The molecule has 0 aliphatic carbocycles. The van der Waals surface area contributed by atoms with Crippen molar-refractivity contribution in [1.29, 1.82) is 0 Å². The van der Waals surface area contributed by atoms with Crippen LogP contribution in [0.4, 0.5) is 5.82 Å². The molecule has 0 bridgehead atoms. The van der Waals surface area contributed by atoms with Gasteiger partial charge >= 0.3 is 5.97 Å². The Bertz CT molecular complexity index is 594. The van der Waals surface area contributed by atoms with Crippen LogP contribution in [0.5, 0.6) is 0 Å². The van der Waals surface area contributed by atoms with E-state index in [1.807, 2.05) is 24.6 Å². The highest BCUT2D eigenvalue weighted by molar-refractivity contribution is 5.88. The standard InChI is InChI=1S/C15H20N4O2/c1-11(2)13-8-12(15(20)21)9-14(18-13)17-4-3-6-19-7-5-16-10-19/h5,7-11H,3-4,6H2,1-2H3,(H,17,18)(H,20,21). The maximum Gasteiger partial charge on any atom is 0.335 e. The number of pyridine rings is 1. The minimum Gasteiger partial charge on any atom is -0.478 e. The number of anilines is 1. The number of nitrogens with one attached hydrogen (secondary N) is 1. The topological polar surface area (TPSA) is 80.0 Å². The zero-order valence-corrected chi connectivity index (χ0v) is 12.3. The van der Waals surface area contributed by atoms with Gasteiger partial charge < -0.3 is 15.0 Å². The molecule has 6 nitrogen and oxygen atoms in total. The monoisotopic (exact) mass is 288 g/mol. The Morgan fingerprint density at radius 1 is 1.43 bits per heavy atom. The van der Waals surface area contributed by atoms with Crippen molar-refractivity contribution < 1.29 is 9.90 Å². The van der Waals surface area contributed by atoms with Gasteiger partial charge in [0.2, 0.25) is 0 Å². The first-order valence-electron chi connectivity index (χ1n) is 7.01. The molecule has 0 aromatic carbocycles. The summed E-state index contributed by atoms with van der Waals surface area (Å²) in [6, 6.07) is 3.20. The number of carbonyl (C=O) groups is 1. The van der Waals surface area contributed by atoms with Crippen molar-refractivity contribution in [2.45, 2.75) is 32.7 Å². The number of aromatic nitrogens is 3. The molecular weight excluding hydrogens is 268 g/mol. The number of imidazole rings is 1. The zero-order chi connectivity index (χ0) is 15.2. The number of hydrogen-bond acceptors (Lipinski definition) is 4. The highest BCUT2D eigenvalue weighted by Crippen LogP contribution is 2.17. The van der Waals surface area contributed by atoms with Gasteiger partial charge in [-0.15, -0.1) is 0 Å². The van der Waals surface area contributed by atoms with E-state index in [-0.39, 0.29) is 11.5 Å². The predicted molar refractivity (Wildman–Crippen MR) is 80.6 cm³/mol. The van der Waals surface area contributed by atoms with Crippen LogP contribution in [0, 0.1) is 0 Å². The van der Waals surface area contributed by atoms with Crippen molar-refractivity contribution >= 4 is 11.8 Å². The number of nitrogens with zero attached hydrogens (tertiary/aromatic N) is 3. The molecule has 0 aliphatic heterocycles. The van der Waals surface area contributed by atoms with E-state index < -0.39 is 5.97 Å². The molecule has 0 fully saturated rings. The lowest BCUT2D eigenvalue weighted by Gasteiger charge is -2.11. The summed E-state index contributed by atoms with van der Waals surface area (Å²) in [6.07, 6.45) is 6.35. The number of carboxylic acids is 1. The molecule has 0 atom stereocenters. The van der Waals surface area contributed by atoms with Crippen molar-refractivity contribution in [2.75, 3.05) is 11.9 Å². The smallest absolute Gasteiger partial charge is 0.335 e. The molecule has 2 N–H and O–H groups in total.